The lowest BCUT2D eigenvalue weighted by Gasteiger charge is -2.21. The van der Waals surface area contributed by atoms with Gasteiger partial charge in [-0.05, 0) is 40.3 Å². The molecule has 0 amide bonds. The molecule has 0 aliphatic rings. The van der Waals surface area contributed by atoms with Crippen molar-refractivity contribution in [2.45, 2.75) is 18.3 Å². The predicted octanol–water partition coefficient (Wildman–Crippen LogP) is 2.21. The normalized spacial score (nSPS) is 16.1. The van der Waals surface area contributed by atoms with Crippen LogP contribution in [0.5, 0.6) is 0 Å². The maximum atomic E-state index is 12.1. The third-order valence-electron chi connectivity index (χ3n) is 1.93. The first-order chi connectivity index (χ1) is 6.82. The maximum Gasteiger partial charge on any atom is 0.416 e. The summed E-state index contributed by atoms with van der Waals surface area (Å²) in [6, 6.07) is 4.78. The van der Waals surface area contributed by atoms with Gasteiger partial charge >= 0.3 is 6.18 Å². The summed E-state index contributed by atoms with van der Waals surface area (Å²) in [7, 11) is 0. The number of aliphatic hydroxyl groups is 1. The Hall–Kier alpha value is -0.340. The Morgan fingerprint density at radius 2 is 1.67 bits per heavy atom. The fourth-order valence-corrected chi connectivity index (χ4v) is 1.43. The molecule has 1 rings (SSSR count). The summed E-state index contributed by atoms with van der Waals surface area (Å²) >= 11 is 2.03. The third-order valence-corrected chi connectivity index (χ3v) is 2.65. The summed E-state index contributed by atoms with van der Waals surface area (Å²) in [6.07, 6.45) is -7.22. The van der Waals surface area contributed by atoms with E-state index in [-0.39, 0.29) is 5.56 Å². The van der Waals surface area contributed by atoms with Crippen molar-refractivity contribution in [3.8, 4) is 0 Å². The molecule has 0 aliphatic heterocycles. The van der Waals surface area contributed by atoms with Crippen LogP contribution in [-0.2, 0) is 0 Å². The van der Waals surface area contributed by atoms with Gasteiger partial charge in [0, 0.05) is 3.57 Å². The summed E-state index contributed by atoms with van der Waals surface area (Å²) in [6.45, 7) is 0. The van der Waals surface area contributed by atoms with Gasteiger partial charge < -0.3 is 10.8 Å². The van der Waals surface area contributed by atoms with Crippen molar-refractivity contribution in [1.29, 1.82) is 0 Å². The summed E-state index contributed by atoms with van der Waals surface area (Å²) < 4.78 is 37.3. The molecule has 0 unspecified atom stereocenters. The highest BCUT2D eigenvalue weighted by molar-refractivity contribution is 14.1. The van der Waals surface area contributed by atoms with Crippen molar-refractivity contribution < 1.29 is 18.3 Å². The number of halogens is 4. The lowest BCUT2D eigenvalue weighted by molar-refractivity contribution is -0.210. The van der Waals surface area contributed by atoms with Gasteiger partial charge in [-0.25, -0.2) is 0 Å². The van der Waals surface area contributed by atoms with Gasteiger partial charge in [-0.2, -0.15) is 13.2 Å². The van der Waals surface area contributed by atoms with Crippen LogP contribution in [0.4, 0.5) is 13.2 Å². The number of hydrogen-bond donors (Lipinski definition) is 2. The molecule has 0 spiro atoms. The van der Waals surface area contributed by atoms with Crippen molar-refractivity contribution in [3.63, 3.8) is 0 Å². The summed E-state index contributed by atoms with van der Waals surface area (Å²) in [5, 5.41) is 8.93. The second-order valence-corrected chi connectivity index (χ2v) is 4.31. The smallest absolute Gasteiger partial charge is 0.382 e. The predicted molar refractivity (Wildman–Crippen MR) is 58.1 cm³/mol. The molecule has 0 saturated heterocycles. The van der Waals surface area contributed by atoms with E-state index < -0.39 is 18.3 Å². The molecule has 0 heterocycles. The topological polar surface area (TPSA) is 46.2 Å². The van der Waals surface area contributed by atoms with Gasteiger partial charge in [-0.1, -0.05) is 12.1 Å². The average molecular weight is 331 g/mol. The Balaban J connectivity index is 2.85. The zero-order chi connectivity index (χ0) is 11.6. The van der Waals surface area contributed by atoms with E-state index in [4.69, 9.17) is 10.8 Å². The van der Waals surface area contributed by atoms with E-state index in [9.17, 15) is 13.2 Å². The van der Waals surface area contributed by atoms with E-state index in [1.807, 2.05) is 22.6 Å². The molecule has 0 radical (unpaired) electrons. The van der Waals surface area contributed by atoms with Crippen molar-refractivity contribution in [1.82, 2.24) is 0 Å². The zero-order valence-electron chi connectivity index (χ0n) is 7.50. The van der Waals surface area contributed by atoms with Gasteiger partial charge in [0.1, 0.15) is 0 Å². The molecule has 0 aliphatic carbocycles. The minimum absolute atomic E-state index is 0.264. The van der Waals surface area contributed by atoms with Crippen LogP contribution >= 0.6 is 22.6 Å². The van der Waals surface area contributed by atoms with Crippen LogP contribution in [0.2, 0.25) is 0 Å². The Morgan fingerprint density at radius 3 is 2.07 bits per heavy atom. The Kier molecular flexibility index (Phi) is 3.96. The van der Waals surface area contributed by atoms with Gasteiger partial charge in [0.2, 0.25) is 0 Å². The maximum absolute atomic E-state index is 12.1. The number of nitrogens with two attached hydrogens (primary N) is 1. The fourth-order valence-electron chi connectivity index (χ4n) is 1.07. The first kappa shape index (κ1) is 12.7. The molecule has 0 aromatic heterocycles. The lowest BCUT2D eigenvalue weighted by Crippen LogP contribution is -2.38. The fraction of sp³-hybridized carbons (Fsp3) is 0.333. The van der Waals surface area contributed by atoms with Gasteiger partial charge in [0.15, 0.2) is 6.10 Å². The molecule has 6 heteroatoms. The highest BCUT2D eigenvalue weighted by Gasteiger charge is 2.42. The van der Waals surface area contributed by atoms with Crippen LogP contribution in [0.15, 0.2) is 24.3 Å². The molecule has 15 heavy (non-hydrogen) atoms. The Bertz CT molecular complexity index is 325. The van der Waals surface area contributed by atoms with E-state index in [0.717, 1.165) is 3.57 Å². The van der Waals surface area contributed by atoms with Crippen molar-refractivity contribution in [3.05, 3.63) is 33.4 Å². The van der Waals surface area contributed by atoms with E-state index >= 15 is 0 Å². The number of aliphatic hydroxyl groups excluding tert-OH is 1. The van der Waals surface area contributed by atoms with Gasteiger partial charge in [-0.3, -0.25) is 0 Å². The van der Waals surface area contributed by atoms with Crippen LogP contribution in [0.25, 0.3) is 0 Å². The van der Waals surface area contributed by atoms with Crippen LogP contribution in [0, 0.1) is 3.57 Å². The number of hydrogen-bond acceptors (Lipinski definition) is 2. The van der Waals surface area contributed by atoms with E-state index in [1.54, 1.807) is 12.1 Å². The summed E-state index contributed by atoms with van der Waals surface area (Å²) in [5.74, 6) is 0. The second-order valence-electron chi connectivity index (χ2n) is 3.06. The average Bonchev–Trinajstić information content (AvgIpc) is 2.15. The highest BCUT2D eigenvalue weighted by Crippen LogP contribution is 2.28. The lowest BCUT2D eigenvalue weighted by atomic mass is 10.0. The van der Waals surface area contributed by atoms with E-state index in [2.05, 4.69) is 0 Å². The zero-order valence-corrected chi connectivity index (χ0v) is 9.66. The van der Waals surface area contributed by atoms with E-state index in [1.165, 1.54) is 12.1 Å². The monoisotopic (exact) mass is 331 g/mol. The molecule has 2 atom stereocenters. The SMILES string of the molecule is N[C@@H](c1ccc(I)cc1)[C@H](O)C(F)(F)F. The second kappa shape index (κ2) is 4.67. The summed E-state index contributed by atoms with van der Waals surface area (Å²) in [4.78, 5) is 0. The molecular weight excluding hydrogens is 322 g/mol. The minimum Gasteiger partial charge on any atom is -0.382 e. The molecule has 3 N–H and O–H groups in total. The minimum atomic E-state index is -4.69. The Morgan fingerprint density at radius 1 is 1.20 bits per heavy atom. The van der Waals surface area contributed by atoms with Gasteiger partial charge in [-0.15, -0.1) is 0 Å². The number of rotatable bonds is 2. The molecule has 0 fully saturated rings. The Labute approximate surface area is 98.4 Å². The standard InChI is InChI=1S/C9H9F3INO/c10-9(11,12)8(15)7(14)5-1-3-6(13)4-2-5/h1-4,7-8,15H,14H2/t7-,8-/m0/s1. The molecule has 1 aromatic carbocycles. The largest absolute Gasteiger partial charge is 0.416 e. The van der Waals surface area contributed by atoms with E-state index in [0.29, 0.717) is 0 Å². The van der Waals surface area contributed by atoms with Crippen molar-refractivity contribution in [2.75, 3.05) is 0 Å². The molecule has 0 saturated carbocycles. The molecule has 1 aromatic rings. The molecule has 2 nitrogen and oxygen atoms in total. The summed E-state index contributed by atoms with van der Waals surface area (Å²) in [5.41, 5.74) is 5.57. The third kappa shape index (κ3) is 3.32. The molecule has 84 valence electrons. The number of benzene rings is 1. The first-order valence-electron chi connectivity index (χ1n) is 4.08. The van der Waals surface area contributed by atoms with Crippen molar-refractivity contribution >= 4 is 22.6 Å². The van der Waals surface area contributed by atoms with Crippen molar-refractivity contribution in [2.24, 2.45) is 5.73 Å². The molecule has 0 bridgehead atoms. The quantitative estimate of drug-likeness (QED) is 0.817. The first-order valence-corrected chi connectivity index (χ1v) is 5.16. The van der Waals surface area contributed by atoms with Crippen LogP contribution < -0.4 is 5.73 Å². The highest BCUT2D eigenvalue weighted by atomic mass is 127. The number of alkyl halides is 3. The van der Waals surface area contributed by atoms with Crippen LogP contribution in [0.3, 0.4) is 0 Å². The molecular formula is C9H9F3INO. The van der Waals surface area contributed by atoms with Crippen LogP contribution in [0.1, 0.15) is 11.6 Å². The van der Waals surface area contributed by atoms with Crippen LogP contribution in [-0.4, -0.2) is 17.4 Å². The van der Waals surface area contributed by atoms with Gasteiger partial charge in [0.25, 0.3) is 0 Å². The van der Waals surface area contributed by atoms with Gasteiger partial charge in [0.05, 0.1) is 6.04 Å².